The van der Waals surface area contributed by atoms with Crippen LogP contribution in [0.5, 0.6) is 0 Å². The quantitative estimate of drug-likeness (QED) is 0.935. The molecule has 106 valence electrons. The number of benzene rings is 2. The number of anilines is 2. The van der Waals surface area contributed by atoms with Crippen molar-refractivity contribution in [2.24, 2.45) is 0 Å². The van der Waals surface area contributed by atoms with Gasteiger partial charge in [0, 0.05) is 31.0 Å². The van der Waals surface area contributed by atoms with Crippen LogP contribution in [0.3, 0.4) is 0 Å². The van der Waals surface area contributed by atoms with Crippen LogP contribution >= 0.6 is 0 Å². The molecule has 0 saturated carbocycles. The molecule has 0 bridgehead atoms. The predicted molar refractivity (Wildman–Crippen MR) is 84.5 cm³/mol. The zero-order valence-electron chi connectivity index (χ0n) is 12.1. The van der Waals surface area contributed by atoms with Crippen molar-refractivity contribution in [1.82, 2.24) is 0 Å². The normalized spacial score (nSPS) is 9.76. The molecular formula is C17H17N3O. The fraction of sp³-hybridized carbons (Fsp3) is 0.176. The Kier molecular flexibility index (Phi) is 4.57. The van der Waals surface area contributed by atoms with Crippen LogP contribution in [0.25, 0.3) is 0 Å². The first-order valence-electron chi connectivity index (χ1n) is 6.65. The highest BCUT2D eigenvalue weighted by Crippen LogP contribution is 2.16. The zero-order chi connectivity index (χ0) is 15.2. The summed E-state index contributed by atoms with van der Waals surface area (Å²) in [6.07, 6.45) is 0.374. The summed E-state index contributed by atoms with van der Waals surface area (Å²) < 4.78 is 0. The molecule has 0 spiro atoms. The van der Waals surface area contributed by atoms with Gasteiger partial charge in [0.05, 0.1) is 12.5 Å². The van der Waals surface area contributed by atoms with Crippen molar-refractivity contribution in [2.75, 3.05) is 24.3 Å². The molecule has 0 aliphatic rings. The van der Waals surface area contributed by atoms with E-state index in [0.29, 0.717) is 12.0 Å². The standard InChI is InChI=1S/C17H17N3O/c1-20(2)16-5-3-4-14(12-16)17(21)19-15-8-6-13(7-9-15)10-11-18/h3-9,12H,10H2,1-2H3,(H,19,21). The first kappa shape index (κ1) is 14.6. The molecule has 4 heteroatoms. The second kappa shape index (κ2) is 6.58. The largest absolute Gasteiger partial charge is 0.378 e. The number of rotatable bonds is 4. The molecule has 21 heavy (non-hydrogen) atoms. The van der Waals surface area contributed by atoms with E-state index in [1.54, 1.807) is 18.2 Å². The second-order valence-electron chi connectivity index (χ2n) is 4.93. The number of hydrogen-bond donors (Lipinski definition) is 1. The van der Waals surface area contributed by atoms with Gasteiger partial charge in [-0.3, -0.25) is 4.79 Å². The molecule has 1 N–H and O–H groups in total. The lowest BCUT2D eigenvalue weighted by atomic mass is 10.1. The first-order valence-corrected chi connectivity index (χ1v) is 6.65. The number of nitriles is 1. The third kappa shape index (κ3) is 3.83. The van der Waals surface area contributed by atoms with Gasteiger partial charge in [-0.25, -0.2) is 0 Å². The summed E-state index contributed by atoms with van der Waals surface area (Å²) in [5, 5.41) is 11.5. The topological polar surface area (TPSA) is 56.1 Å². The Hall–Kier alpha value is -2.80. The van der Waals surface area contributed by atoms with E-state index in [4.69, 9.17) is 5.26 Å². The Morgan fingerprint density at radius 1 is 1.19 bits per heavy atom. The zero-order valence-corrected chi connectivity index (χ0v) is 12.1. The third-order valence-corrected chi connectivity index (χ3v) is 3.12. The van der Waals surface area contributed by atoms with Gasteiger partial charge in [-0.05, 0) is 35.9 Å². The van der Waals surface area contributed by atoms with Gasteiger partial charge in [0.2, 0.25) is 0 Å². The van der Waals surface area contributed by atoms with Gasteiger partial charge in [0.15, 0.2) is 0 Å². The highest BCUT2D eigenvalue weighted by atomic mass is 16.1. The van der Waals surface area contributed by atoms with E-state index in [1.165, 1.54) is 0 Å². The van der Waals surface area contributed by atoms with Crippen LogP contribution in [0.15, 0.2) is 48.5 Å². The van der Waals surface area contributed by atoms with Crippen LogP contribution in [-0.2, 0) is 6.42 Å². The Bertz CT molecular complexity index is 669. The number of nitrogens with zero attached hydrogens (tertiary/aromatic N) is 2. The summed E-state index contributed by atoms with van der Waals surface area (Å²) in [6.45, 7) is 0. The average Bonchev–Trinajstić information content (AvgIpc) is 2.49. The Labute approximate surface area is 124 Å². The Morgan fingerprint density at radius 2 is 1.90 bits per heavy atom. The van der Waals surface area contributed by atoms with Gasteiger partial charge >= 0.3 is 0 Å². The molecule has 0 aromatic heterocycles. The van der Waals surface area contributed by atoms with Crippen molar-refractivity contribution in [3.8, 4) is 6.07 Å². The van der Waals surface area contributed by atoms with Crippen molar-refractivity contribution in [1.29, 1.82) is 5.26 Å². The van der Waals surface area contributed by atoms with Crippen LogP contribution in [0.4, 0.5) is 11.4 Å². The predicted octanol–water partition coefficient (Wildman–Crippen LogP) is 3.07. The molecule has 0 aliphatic carbocycles. The smallest absolute Gasteiger partial charge is 0.255 e. The highest BCUT2D eigenvalue weighted by Gasteiger charge is 2.07. The summed E-state index contributed by atoms with van der Waals surface area (Å²) in [5.74, 6) is -0.147. The van der Waals surface area contributed by atoms with Crippen molar-refractivity contribution in [3.05, 3.63) is 59.7 Å². The third-order valence-electron chi connectivity index (χ3n) is 3.12. The molecule has 2 rings (SSSR count). The van der Waals surface area contributed by atoms with Gasteiger partial charge in [-0.15, -0.1) is 0 Å². The van der Waals surface area contributed by atoms with E-state index in [0.717, 1.165) is 16.9 Å². The fourth-order valence-electron chi connectivity index (χ4n) is 1.93. The summed E-state index contributed by atoms with van der Waals surface area (Å²) in [7, 11) is 3.87. The molecule has 1 amide bonds. The second-order valence-corrected chi connectivity index (χ2v) is 4.93. The van der Waals surface area contributed by atoms with Gasteiger partial charge < -0.3 is 10.2 Å². The number of hydrogen-bond acceptors (Lipinski definition) is 3. The molecule has 2 aromatic rings. The van der Waals surface area contributed by atoms with Crippen molar-refractivity contribution in [2.45, 2.75) is 6.42 Å². The average molecular weight is 279 g/mol. The lowest BCUT2D eigenvalue weighted by Gasteiger charge is -2.13. The number of amides is 1. The maximum atomic E-state index is 12.2. The Morgan fingerprint density at radius 3 is 2.52 bits per heavy atom. The van der Waals surface area contributed by atoms with Crippen LogP contribution < -0.4 is 10.2 Å². The van der Waals surface area contributed by atoms with Crippen molar-refractivity contribution in [3.63, 3.8) is 0 Å². The molecular weight excluding hydrogens is 262 g/mol. The van der Waals surface area contributed by atoms with Crippen LogP contribution in [0.1, 0.15) is 15.9 Å². The van der Waals surface area contributed by atoms with Crippen LogP contribution in [-0.4, -0.2) is 20.0 Å². The van der Waals surface area contributed by atoms with Crippen LogP contribution in [0.2, 0.25) is 0 Å². The maximum Gasteiger partial charge on any atom is 0.255 e. The van der Waals surface area contributed by atoms with Crippen molar-refractivity contribution >= 4 is 17.3 Å². The minimum Gasteiger partial charge on any atom is -0.378 e. The summed E-state index contributed by atoms with van der Waals surface area (Å²) >= 11 is 0. The fourth-order valence-corrected chi connectivity index (χ4v) is 1.93. The minimum atomic E-state index is -0.147. The summed E-state index contributed by atoms with van der Waals surface area (Å²) in [5.41, 5.74) is 3.25. The minimum absolute atomic E-state index is 0.147. The van der Waals surface area contributed by atoms with E-state index in [1.807, 2.05) is 49.3 Å². The van der Waals surface area contributed by atoms with E-state index >= 15 is 0 Å². The molecule has 2 aromatic carbocycles. The molecule has 0 heterocycles. The highest BCUT2D eigenvalue weighted by molar-refractivity contribution is 6.04. The SMILES string of the molecule is CN(C)c1cccc(C(=O)Nc2ccc(CC#N)cc2)c1. The van der Waals surface area contributed by atoms with E-state index in [-0.39, 0.29) is 5.91 Å². The number of nitrogens with one attached hydrogen (secondary N) is 1. The van der Waals surface area contributed by atoms with E-state index in [9.17, 15) is 4.79 Å². The monoisotopic (exact) mass is 279 g/mol. The van der Waals surface area contributed by atoms with E-state index in [2.05, 4.69) is 11.4 Å². The lowest BCUT2D eigenvalue weighted by Crippen LogP contribution is -2.14. The van der Waals surface area contributed by atoms with Crippen molar-refractivity contribution < 1.29 is 4.79 Å². The molecule has 0 saturated heterocycles. The number of carbonyl (C=O) groups is 1. The molecule has 4 nitrogen and oxygen atoms in total. The summed E-state index contributed by atoms with van der Waals surface area (Å²) in [4.78, 5) is 14.2. The molecule has 0 aliphatic heterocycles. The maximum absolute atomic E-state index is 12.2. The molecule has 0 fully saturated rings. The number of carbonyl (C=O) groups excluding carboxylic acids is 1. The van der Waals surface area contributed by atoms with Gasteiger partial charge in [0.1, 0.15) is 0 Å². The van der Waals surface area contributed by atoms with Gasteiger partial charge in [-0.2, -0.15) is 5.26 Å². The lowest BCUT2D eigenvalue weighted by molar-refractivity contribution is 0.102. The molecule has 0 atom stereocenters. The first-order chi connectivity index (χ1) is 10.1. The van der Waals surface area contributed by atoms with E-state index < -0.39 is 0 Å². The van der Waals surface area contributed by atoms with Crippen LogP contribution in [0, 0.1) is 11.3 Å². The molecule has 0 radical (unpaired) electrons. The van der Waals surface area contributed by atoms with Gasteiger partial charge in [0.25, 0.3) is 5.91 Å². The van der Waals surface area contributed by atoms with Gasteiger partial charge in [-0.1, -0.05) is 18.2 Å². The summed E-state index contributed by atoms with van der Waals surface area (Å²) in [6, 6.07) is 16.8. The Balaban J connectivity index is 2.10. The molecule has 0 unspecified atom stereocenters.